The van der Waals surface area contributed by atoms with Crippen LogP contribution >= 0.6 is 11.6 Å². The molecule has 2 aromatic rings. The van der Waals surface area contributed by atoms with Crippen molar-refractivity contribution in [2.75, 3.05) is 4.72 Å². The normalized spacial score (nSPS) is 11.1. The van der Waals surface area contributed by atoms with Crippen LogP contribution in [0.15, 0.2) is 41.4 Å². The van der Waals surface area contributed by atoms with Crippen LogP contribution in [0.3, 0.4) is 0 Å². The highest BCUT2D eigenvalue weighted by atomic mass is 35.5. The number of benzene rings is 1. The third-order valence-electron chi connectivity index (χ3n) is 2.44. The smallest absolute Gasteiger partial charge is 0.307 e. The van der Waals surface area contributed by atoms with Crippen molar-refractivity contribution in [2.45, 2.75) is 11.3 Å². The van der Waals surface area contributed by atoms with Crippen LogP contribution in [-0.4, -0.2) is 29.5 Å². The molecule has 0 saturated carbocycles. The molecule has 2 rings (SSSR count). The van der Waals surface area contributed by atoms with Crippen LogP contribution in [0.5, 0.6) is 0 Å². The molecule has 0 aliphatic rings. The molecule has 0 aliphatic heterocycles. The number of aromatic nitrogens is 2. The van der Waals surface area contributed by atoms with E-state index < -0.39 is 16.0 Å². The molecule has 110 valence electrons. The van der Waals surface area contributed by atoms with Gasteiger partial charge >= 0.3 is 5.97 Å². The van der Waals surface area contributed by atoms with Gasteiger partial charge in [-0.25, -0.2) is 23.1 Å². The van der Waals surface area contributed by atoms with Crippen molar-refractivity contribution in [3.8, 4) is 0 Å². The molecule has 2 N–H and O–H groups in total. The second-order valence-corrected chi connectivity index (χ2v) is 6.09. The molecule has 0 saturated heterocycles. The number of nitrogens with zero attached hydrogens (tertiary/aromatic N) is 2. The van der Waals surface area contributed by atoms with Crippen LogP contribution in [0.1, 0.15) is 5.56 Å². The SMILES string of the molecule is O=C(O)Cc1ccc(S(=O)(=O)Nc2nccc(Cl)n2)cc1. The van der Waals surface area contributed by atoms with Gasteiger partial charge in [0.15, 0.2) is 0 Å². The Hall–Kier alpha value is -2.19. The van der Waals surface area contributed by atoms with Crippen LogP contribution in [0.2, 0.25) is 5.15 Å². The number of hydrogen-bond donors (Lipinski definition) is 2. The van der Waals surface area contributed by atoms with Gasteiger partial charge < -0.3 is 5.11 Å². The van der Waals surface area contributed by atoms with E-state index in [-0.39, 0.29) is 22.4 Å². The van der Waals surface area contributed by atoms with E-state index in [4.69, 9.17) is 16.7 Å². The second kappa shape index (κ2) is 6.06. The predicted octanol–water partition coefficient (Wildman–Crippen LogP) is 1.56. The Labute approximate surface area is 125 Å². The number of carboxylic acid groups (broad SMARTS) is 1. The van der Waals surface area contributed by atoms with Gasteiger partial charge in [-0.3, -0.25) is 4.79 Å². The summed E-state index contributed by atoms with van der Waals surface area (Å²) in [4.78, 5) is 18.0. The Morgan fingerprint density at radius 1 is 1.24 bits per heavy atom. The van der Waals surface area contributed by atoms with E-state index >= 15 is 0 Å². The molecule has 1 heterocycles. The summed E-state index contributed by atoms with van der Waals surface area (Å²) in [5, 5.41) is 8.77. The molecular formula is C12H10ClN3O4S. The Bertz CT molecular complexity index is 762. The van der Waals surface area contributed by atoms with Crippen molar-refractivity contribution in [1.82, 2.24) is 9.97 Å². The minimum atomic E-state index is -3.86. The zero-order valence-electron chi connectivity index (χ0n) is 10.5. The Balaban J connectivity index is 2.21. The molecule has 0 fully saturated rings. The fourth-order valence-corrected chi connectivity index (χ4v) is 2.61. The van der Waals surface area contributed by atoms with Gasteiger partial charge in [-0.1, -0.05) is 23.7 Å². The maximum atomic E-state index is 12.1. The van der Waals surface area contributed by atoms with Crippen LogP contribution in [0.4, 0.5) is 5.95 Å². The van der Waals surface area contributed by atoms with Gasteiger partial charge in [0.2, 0.25) is 5.95 Å². The number of nitrogens with one attached hydrogen (secondary N) is 1. The average molecular weight is 328 g/mol. The molecule has 0 spiro atoms. The zero-order valence-corrected chi connectivity index (χ0v) is 12.1. The summed E-state index contributed by atoms with van der Waals surface area (Å²) in [6.45, 7) is 0. The molecule has 21 heavy (non-hydrogen) atoms. The fourth-order valence-electron chi connectivity index (χ4n) is 1.53. The highest BCUT2D eigenvalue weighted by Crippen LogP contribution is 2.15. The largest absolute Gasteiger partial charge is 0.481 e. The lowest BCUT2D eigenvalue weighted by atomic mass is 10.2. The van der Waals surface area contributed by atoms with Crippen LogP contribution < -0.4 is 4.72 Å². The summed E-state index contributed by atoms with van der Waals surface area (Å²) in [6.07, 6.45) is 1.15. The summed E-state index contributed by atoms with van der Waals surface area (Å²) < 4.78 is 26.4. The fraction of sp³-hybridized carbons (Fsp3) is 0.0833. The van der Waals surface area contributed by atoms with E-state index in [0.29, 0.717) is 5.56 Å². The highest BCUT2D eigenvalue weighted by molar-refractivity contribution is 7.92. The van der Waals surface area contributed by atoms with Crippen molar-refractivity contribution in [3.05, 3.63) is 47.2 Å². The van der Waals surface area contributed by atoms with Gasteiger partial charge in [-0.15, -0.1) is 0 Å². The number of anilines is 1. The lowest BCUT2D eigenvalue weighted by Crippen LogP contribution is -2.15. The molecule has 0 atom stereocenters. The lowest BCUT2D eigenvalue weighted by molar-refractivity contribution is -0.136. The van der Waals surface area contributed by atoms with Gasteiger partial charge in [0, 0.05) is 6.20 Å². The van der Waals surface area contributed by atoms with E-state index in [9.17, 15) is 13.2 Å². The maximum Gasteiger partial charge on any atom is 0.307 e. The molecule has 9 heteroatoms. The molecular weight excluding hydrogens is 318 g/mol. The first kappa shape index (κ1) is 15.2. The van der Waals surface area contributed by atoms with Gasteiger partial charge in [0.1, 0.15) is 5.15 Å². The Morgan fingerprint density at radius 3 is 2.48 bits per heavy atom. The molecule has 0 bridgehead atoms. The molecule has 7 nitrogen and oxygen atoms in total. The molecule has 0 unspecified atom stereocenters. The van der Waals surface area contributed by atoms with Crippen LogP contribution in [0.25, 0.3) is 0 Å². The predicted molar refractivity (Wildman–Crippen MR) is 75.6 cm³/mol. The van der Waals surface area contributed by atoms with Crippen molar-refractivity contribution in [1.29, 1.82) is 0 Å². The summed E-state index contributed by atoms with van der Waals surface area (Å²) in [5.74, 6) is -1.13. The van der Waals surface area contributed by atoms with Gasteiger partial charge in [0.25, 0.3) is 10.0 Å². The number of sulfonamides is 1. The molecule has 0 radical (unpaired) electrons. The standard InChI is InChI=1S/C12H10ClN3O4S/c13-10-5-6-14-12(15-10)16-21(19,20)9-3-1-8(2-4-9)7-11(17)18/h1-6H,7H2,(H,17,18)(H,14,15,16). The summed E-state index contributed by atoms with van der Waals surface area (Å²) in [6, 6.07) is 6.90. The Morgan fingerprint density at radius 2 is 1.90 bits per heavy atom. The molecule has 0 aliphatic carbocycles. The lowest BCUT2D eigenvalue weighted by Gasteiger charge is -2.07. The van der Waals surface area contributed by atoms with Crippen LogP contribution in [0, 0.1) is 0 Å². The number of carbonyl (C=O) groups is 1. The summed E-state index contributed by atoms with van der Waals surface area (Å²) in [7, 11) is -3.86. The number of aliphatic carboxylic acids is 1. The number of rotatable bonds is 5. The number of hydrogen-bond acceptors (Lipinski definition) is 5. The topological polar surface area (TPSA) is 109 Å². The quantitative estimate of drug-likeness (QED) is 0.806. The highest BCUT2D eigenvalue weighted by Gasteiger charge is 2.16. The van der Waals surface area contributed by atoms with Crippen molar-refractivity contribution < 1.29 is 18.3 Å². The van der Waals surface area contributed by atoms with E-state index in [2.05, 4.69) is 14.7 Å². The van der Waals surface area contributed by atoms with Crippen molar-refractivity contribution in [3.63, 3.8) is 0 Å². The average Bonchev–Trinajstić information content (AvgIpc) is 2.38. The molecule has 0 amide bonds. The first-order valence-electron chi connectivity index (χ1n) is 5.69. The number of carboxylic acids is 1. The molecule has 1 aromatic heterocycles. The minimum Gasteiger partial charge on any atom is -0.481 e. The van der Waals surface area contributed by atoms with Crippen molar-refractivity contribution in [2.24, 2.45) is 0 Å². The van der Waals surface area contributed by atoms with Crippen molar-refractivity contribution >= 4 is 33.5 Å². The van der Waals surface area contributed by atoms with Crippen LogP contribution in [-0.2, 0) is 21.2 Å². The minimum absolute atomic E-state index is 0.0276. The summed E-state index contributed by atoms with van der Waals surface area (Å²) in [5.41, 5.74) is 0.500. The summed E-state index contributed by atoms with van der Waals surface area (Å²) >= 11 is 5.65. The monoisotopic (exact) mass is 327 g/mol. The van der Waals surface area contributed by atoms with Gasteiger partial charge in [0.05, 0.1) is 11.3 Å². The van der Waals surface area contributed by atoms with E-state index in [1.807, 2.05) is 0 Å². The third-order valence-corrected chi connectivity index (χ3v) is 3.99. The van der Waals surface area contributed by atoms with Gasteiger partial charge in [-0.05, 0) is 23.8 Å². The molecule has 1 aromatic carbocycles. The van der Waals surface area contributed by atoms with E-state index in [1.54, 1.807) is 0 Å². The number of halogens is 1. The van der Waals surface area contributed by atoms with Gasteiger partial charge in [-0.2, -0.15) is 0 Å². The van der Waals surface area contributed by atoms with E-state index in [1.165, 1.54) is 36.5 Å². The maximum absolute atomic E-state index is 12.1. The first-order valence-corrected chi connectivity index (χ1v) is 7.55. The van der Waals surface area contributed by atoms with E-state index in [0.717, 1.165) is 0 Å². The second-order valence-electron chi connectivity index (χ2n) is 4.02. The first-order chi connectivity index (χ1) is 9.87. The Kier molecular flexibility index (Phi) is 4.39. The third kappa shape index (κ3) is 4.14. The zero-order chi connectivity index (χ0) is 15.5.